The van der Waals surface area contributed by atoms with Gasteiger partial charge in [0.05, 0.1) is 22.6 Å². The third-order valence-corrected chi connectivity index (χ3v) is 5.53. The third-order valence-electron chi connectivity index (χ3n) is 4.14. The maximum Gasteiger partial charge on any atom is 0.128 e. The Morgan fingerprint density at radius 2 is 2.18 bits per heavy atom. The van der Waals surface area contributed by atoms with E-state index in [0.717, 1.165) is 18.1 Å². The molecule has 1 aromatic carbocycles. The van der Waals surface area contributed by atoms with Crippen LogP contribution in [0.25, 0.3) is 0 Å². The predicted octanol–water partition coefficient (Wildman–Crippen LogP) is 3.55. The second-order valence-corrected chi connectivity index (χ2v) is 7.41. The molecule has 1 aromatic heterocycles. The summed E-state index contributed by atoms with van der Waals surface area (Å²) < 4.78 is 1.94. The van der Waals surface area contributed by atoms with Gasteiger partial charge in [0.15, 0.2) is 0 Å². The van der Waals surface area contributed by atoms with Gasteiger partial charge in [0.2, 0.25) is 0 Å². The fraction of sp³-hybridized carbons (Fsp3) is 0.412. The van der Waals surface area contributed by atoms with Crippen LogP contribution in [0.3, 0.4) is 0 Å². The molecular formula is C17H20N4S. The summed E-state index contributed by atoms with van der Waals surface area (Å²) in [6.07, 6.45) is 0. The number of fused-ring (bicyclic) bond motifs is 1. The molecule has 0 aliphatic carbocycles. The van der Waals surface area contributed by atoms with E-state index >= 15 is 0 Å². The lowest BCUT2D eigenvalue weighted by atomic mass is 9.98. The van der Waals surface area contributed by atoms with Gasteiger partial charge in [-0.15, -0.1) is 11.8 Å². The van der Waals surface area contributed by atoms with Crippen LogP contribution in [0.1, 0.15) is 40.1 Å². The van der Waals surface area contributed by atoms with Gasteiger partial charge in [-0.05, 0) is 37.1 Å². The van der Waals surface area contributed by atoms with Crippen LogP contribution < -0.4 is 5.32 Å². The summed E-state index contributed by atoms with van der Waals surface area (Å²) in [5, 5.41) is 18.0. The third kappa shape index (κ3) is 2.48. The van der Waals surface area contributed by atoms with Gasteiger partial charge in [0.1, 0.15) is 5.82 Å². The minimum absolute atomic E-state index is 0.251. The van der Waals surface area contributed by atoms with E-state index in [1.54, 1.807) is 0 Å². The van der Waals surface area contributed by atoms with Crippen molar-refractivity contribution in [1.29, 1.82) is 5.26 Å². The second-order valence-electron chi connectivity index (χ2n) is 5.86. The molecule has 1 N–H and O–H groups in total. The summed E-state index contributed by atoms with van der Waals surface area (Å²) >= 11 is 1.96. The molecule has 0 radical (unpaired) electrons. The number of nitrogens with one attached hydrogen (secondary N) is 1. The summed E-state index contributed by atoms with van der Waals surface area (Å²) in [6, 6.07) is 8.21. The van der Waals surface area contributed by atoms with E-state index in [1.165, 1.54) is 16.7 Å². The van der Waals surface area contributed by atoms with Crippen molar-refractivity contribution in [1.82, 2.24) is 9.78 Å². The van der Waals surface area contributed by atoms with Crippen LogP contribution in [0.15, 0.2) is 18.2 Å². The first-order valence-electron chi connectivity index (χ1n) is 7.44. The van der Waals surface area contributed by atoms with Gasteiger partial charge in [-0.2, -0.15) is 10.4 Å². The van der Waals surface area contributed by atoms with E-state index in [2.05, 4.69) is 43.3 Å². The predicted molar refractivity (Wildman–Crippen MR) is 91.2 cm³/mol. The van der Waals surface area contributed by atoms with Gasteiger partial charge in [-0.1, -0.05) is 13.0 Å². The Balaban J connectivity index is 2.15. The van der Waals surface area contributed by atoms with E-state index in [0.29, 0.717) is 10.8 Å². The van der Waals surface area contributed by atoms with E-state index in [1.807, 2.05) is 35.6 Å². The normalized spacial score (nSPS) is 20.7. The molecule has 114 valence electrons. The van der Waals surface area contributed by atoms with Crippen molar-refractivity contribution in [3.8, 4) is 6.07 Å². The quantitative estimate of drug-likeness (QED) is 0.875. The molecule has 1 aliphatic heterocycles. The van der Waals surface area contributed by atoms with Crippen molar-refractivity contribution in [2.24, 2.45) is 7.05 Å². The first-order chi connectivity index (χ1) is 10.5. The molecular weight excluding hydrogens is 292 g/mol. The highest BCUT2D eigenvalue weighted by molar-refractivity contribution is 8.00. The van der Waals surface area contributed by atoms with Crippen LogP contribution in [0.4, 0.5) is 5.82 Å². The highest BCUT2D eigenvalue weighted by Gasteiger charge is 2.30. The summed E-state index contributed by atoms with van der Waals surface area (Å²) in [5.74, 6) is 1.11. The fourth-order valence-electron chi connectivity index (χ4n) is 3.06. The minimum Gasteiger partial charge on any atom is -0.369 e. The molecule has 2 heterocycles. The van der Waals surface area contributed by atoms with Gasteiger partial charge >= 0.3 is 0 Å². The number of nitriles is 1. The smallest absolute Gasteiger partial charge is 0.128 e. The number of anilines is 1. The Morgan fingerprint density at radius 3 is 2.86 bits per heavy atom. The minimum atomic E-state index is 0.251. The largest absolute Gasteiger partial charge is 0.369 e. The van der Waals surface area contributed by atoms with Crippen molar-refractivity contribution in [2.75, 3.05) is 11.9 Å². The van der Waals surface area contributed by atoms with Crippen LogP contribution in [0.2, 0.25) is 0 Å². The average molecular weight is 312 g/mol. The van der Waals surface area contributed by atoms with Crippen molar-refractivity contribution in [3.63, 3.8) is 0 Å². The van der Waals surface area contributed by atoms with E-state index in [9.17, 15) is 0 Å². The highest BCUT2D eigenvalue weighted by atomic mass is 32.2. The van der Waals surface area contributed by atoms with Crippen molar-refractivity contribution < 1.29 is 0 Å². The molecule has 0 bridgehead atoms. The molecule has 1 aliphatic rings. The maximum absolute atomic E-state index is 9.08. The lowest BCUT2D eigenvalue weighted by Crippen LogP contribution is -2.13. The number of aryl methyl sites for hydroxylation is 3. The molecule has 0 fully saturated rings. The molecule has 0 amide bonds. The topological polar surface area (TPSA) is 53.6 Å². The number of nitrogens with zero attached hydrogens (tertiary/aromatic N) is 3. The number of aromatic nitrogens is 2. The molecule has 5 heteroatoms. The van der Waals surface area contributed by atoms with Crippen LogP contribution in [0.5, 0.6) is 0 Å². The zero-order chi connectivity index (χ0) is 15.9. The van der Waals surface area contributed by atoms with Gasteiger partial charge in [-0.25, -0.2) is 0 Å². The molecule has 0 spiro atoms. The van der Waals surface area contributed by atoms with Crippen molar-refractivity contribution in [2.45, 2.75) is 31.3 Å². The standard InChI is InChI=1S/C17H20N4S/c1-10-7-13(8-18)5-6-14(10)16-15-12(3)20-21(4)17(15)19-9-11(2)22-16/h5-7,11,16,19H,9H2,1-4H3/t11-,16+/m0/s1. The summed E-state index contributed by atoms with van der Waals surface area (Å²) in [4.78, 5) is 0. The number of benzene rings is 1. The molecule has 2 atom stereocenters. The second kappa shape index (κ2) is 5.69. The van der Waals surface area contributed by atoms with Gasteiger partial charge < -0.3 is 5.32 Å². The Morgan fingerprint density at radius 1 is 1.41 bits per heavy atom. The Hall–Kier alpha value is -1.93. The van der Waals surface area contributed by atoms with Crippen LogP contribution in [-0.2, 0) is 7.05 Å². The van der Waals surface area contributed by atoms with Crippen LogP contribution in [0, 0.1) is 25.2 Å². The molecule has 0 unspecified atom stereocenters. The van der Waals surface area contributed by atoms with Crippen molar-refractivity contribution in [3.05, 3.63) is 46.1 Å². The molecule has 0 saturated heterocycles. The van der Waals surface area contributed by atoms with E-state index < -0.39 is 0 Å². The summed E-state index contributed by atoms with van der Waals surface area (Å²) in [5.41, 5.74) is 5.50. The van der Waals surface area contributed by atoms with E-state index in [-0.39, 0.29) is 5.25 Å². The molecule has 22 heavy (non-hydrogen) atoms. The average Bonchev–Trinajstić information content (AvgIpc) is 2.66. The molecule has 0 saturated carbocycles. The zero-order valence-corrected chi connectivity index (χ0v) is 14.2. The van der Waals surface area contributed by atoms with Gasteiger partial charge in [-0.3, -0.25) is 4.68 Å². The summed E-state index contributed by atoms with van der Waals surface area (Å²) in [7, 11) is 1.99. The lowest BCUT2D eigenvalue weighted by molar-refractivity contribution is 0.757. The fourth-order valence-corrected chi connectivity index (χ4v) is 4.53. The van der Waals surface area contributed by atoms with Gasteiger partial charge in [0, 0.05) is 24.4 Å². The van der Waals surface area contributed by atoms with Crippen LogP contribution in [-0.4, -0.2) is 21.6 Å². The van der Waals surface area contributed by atoms with Crippen LogP contribution >= 0.6 is 11.8 Å². The number of rotatable bonds is 1. The Kier molecular flexibility index (Phi) is 3.88. The molecule has 2 aromatic rings. The Bertz CT molecular complexity index is 757. The first-order valence-corrected chi connectivity index (χ1v) is 8.39. The highest BCUT2D eigenvalue weighted by Crippen LogP contribution is 2.45. The molecule has 3 rings (SSSR count). The van der Waals surface area contributed by atoms with Gasteiger partial charge in [0.25, 0.3) is 0 Å². The zero-order valence-electron chi connectivity index (χ0n) is 13.3. The number of hydrogen-bond acceptors (Lipinski definition) is 4. The lowest BCUT2D eigenvalue weighted by Gasteiger charge is -2.20. The maximum atomic E-state index is 9.08. The van der Waals surface area contributed by atoms with E-state index in [4.69, 9.17) is 5.26 Å². The number of hydrogen-bond donors (Lipinski definition) is 1. The number of thioether (sulfide) groups is 1. The monoisotopic (exact) mass is 312 g/mol. The van der Waals surface area contributed by atoms with Crippen molar-refractivity contribution >= 4 is 17.6 Å². The SMILES string of the molecule is Cc1cc(C#N)ccc1[C@H]1S[C@@H](C)CNc2c1c(C)nn2C. The Labute approximate surface area is 135 Å². The molecule has 4 nitrogen and oxygen atoms in total. The summed E-state index contributed by atoms with van der Waals surface area (Å²) in [6.45, 7) is 7.34. The first kappa shape index (κ1) is 15.0.